The lowest BCUT2D eigenvalue weighted by molar-refractivity contribution is 0.316. The number of nitrogens with two attached hydrogens (primary N) is 1. The second kappa shape index (κ2) is 3.88. The van der Waals surface area contributed by atoms with Crippen molar-refractivity contribution in [2.75, 3.05) is 0 Å². The molecule has 16 heavy (non-hydrogen) atoms. The summed E-state index contributed by atoms with van der Waals surface area (Å²) in [4.78, 5) is 0. The molecule has 0 aromatic carbocycles. The Morgan fingerprint density at radius 1 is 1.50 bits per heavy atom. The molecule has 0 unspecified atom stereocenters. The van der Waals surface area contributed by atoms with Gasteiger partial charge in [0.1, 0.15) is 0 Å². The fourth-order valence-electron chi connectivity index (χ4n) is 1.97. The molecule has 0 aliphatic heterocycles. The fourth-order valence-corrected chi connectivity index (χ4v) is 1.97. The van der Waals surface area contributed by atoms with Crippen molar-refractivity contribution in [1.29, 1.82) is 0 Å². The summed E-state index contributed by atoms with van der Waals surface area (Å²) in [5.41, 5.74) is 8.68. The zero-order valence-corrected chi connectivity index (χ0v) is 10.8. The normalized spacial score (nSPS) is 18.8. The Labute approximate surface area is 98.0 Å². The molecule has 0 bridgehead atoms. The second-order valence-electron chi connectivity index (χ2n) is 6.28. The Balaban J connectivity index is 2.26. The average Bonchev–Trinajstić information content (AvgIpc) is 2.86. The Morgan fingerprint density at radius 2 is 2.12 bits per heavy atom. The van der Waals surface area contributed by atoms with Gasteiger partial charge in [-0.1, -0.05) is 20.8 Å². The molecule has 1 saturated carbocycles. The van der Waals surface area contributed by atoms with Crippen molar-refractivity contribution >= 4 is 0 Å². The first-order chi connectivity index (χ1) is 7.37. The average molecular weight is 221 g/mol. The molecule has 1 aromatic heterocycles. The smallest absolute Gasteiger partial charge is 0.0659 e. The molecule has 0 spiro atoms. The second-order valence-corrected chi connectivity index (χ2v) is 6.28. The van der Waals surface area contributed by atoms with E-state index in [4.69, 9.17) is 10.8 Å². The summed E-state index contributed by atoms with van der Waals surface area (Å²) in [5.74, 6) is 0.707. The van der Waals surface area contributed by atoms with Crippen LogP contribution < -0.4 is 5.73 Å². The van der Waals surface area contributed by atoms with Crippen LogP contribution in [0, 0.1) is 5.41 Å². The first-order valence-corrected chi connectivity index (χ1v) is 6.20. The van der Waals surface area contributed by atoms with Crippen LogP contribution in [0.25, 0.3) is 0 Å². The van der Waals surface area contributed by atoms with Crippen LogP contribution in [0.5, 0.6) is 0 Å². The van der Waals surface area contributed by atoms with Gasteiger partial charge in [0.15, 0.2) is 0 Å². The lowest BCUT2D eigenvalue weighted by Crippen LogP contribution is -2.21. The molecule has 0 radical (unpaired) electrons. The van der Waals surface area contributed by atoms with Crippen LogP contribution in [0.4, 0.5) is 0 Å². The van der Waals surface area contributed by atoms with E-state index in [-0.39, 0.29) is 11.5 Å². The maximum atomic E-state index is 6.01. The first kappa shape index (κ1) is 11.6. The molecular formula is C13H23N3. The molecule has 3 heteroatoms. The lowest BCUT2D eigenvalue weighted by Gasteiger charge is -2.20. The zero-order valence-electron chi connectivity index (χ0n) is 10.8. The molecule has 1 aliphatic carbocycles. The minimum absolute atomic E-state index is 0.0716. The predicted molar refractivity (Wildman–Crippen MR) is 66.3 cm³/mol. The van der Waals surface area contributed by atoms with Gasteiger partial charge in [-0.05, 0) is 31.2 Å². The van der Waals surface area contributed by atoms with Crippen LogP contribution in [-0.2, 0) is 6.54 Å². The summed E-state index contributed by atoms with van der Waals surface area (Å²) in [6.45, 7) is 9.67. The van der Waals surface area contributed by atoms with Gasteiger partial charge >= 0.3 is 0 Å². The van der Waals surface area contributed by atoms with Gasteiger partial charge in [0, 0.05) is 18.5 Å². The van der Waals surface area contributed by atoms with Crippen molar-refractivity contribution in [1.82, 2.24) is 9.78 Å². The summed E-state index contributed by atoms with van der Waals surface area (Å²) in [6.07, 6.45) is 2.59. The third-order valence-corrected chi connectivity index (χ3v) is 2.92. The monoisotopic (exact) mass is 221 g/mol. The van der Waals surface area contributed by atoms with E-state index in [0.717, 1.165) is 6.54 Å². The minimum atomic E-state index is 0.0716. The molecule has 0 amide bonds. The molecule has 2 N–H and O–H groups in total. The van der Waals surface area contributed by atoms with Crippen molar-refractivity contribution in [2.45, 2.75) is 59.0 Å². The minimum Gasteiger partial charge on any atom is -0.323 e. The maximum absolute atomic E-state index is 6.01. The molecule has 1 aromatic rings. The van der Waals surface area contributed by atoms with E-state index in [0.29, 0.717) is 5.92 Å². The topological polar surface area (TPSA) is 43.8 Å². The fraction of sp³-hybridized carbons (Fsp3) is 0.769. The van der Waals surface area contributed by atoms with Gasteiger partial charge in [0.25, 0.3) is 0 Å². The predicted octanol–water partition coefficient (Wildman–Crippen LogP) is 2.83. The van der Waals surface area contributed by atoms with Gasteiger partial charge in [-0.2, -0.15) is 5.10 Å². The number of nitrogens with zero attached hydrogens (tertiary/aromatic N) is 2. The summed E-state index contributed by atoms with van der Waals surface area (Å²) in [6, 6.07) is 2.27. The Bertz CT molecular complexity index is 367. The summed E-state index contributed by atoms with van der Waals surface area (Å²) >= 11 is 0. The highest BCUT2D eigenvalue weighted by Crippen LogP contribution is 2.40. The van der Waals surface area contributed by atoms with Crippen LogP contribution in [0.2, 0.25) is 0 Å². The highest BCUT2D eigenvalue weighted by molar-refractivity contribution is 5.20. The number of hydrogen-bond donors (Lipinski definition) is 1. The van der Waals surface area contributed by atoms with Crippen LogP contribution in [0.1, 0.15) is 63.9 Å². The number of rotatable bonds is 3. The van der Waals surface area contributed by atoms with Gasteiger partial charge in [0.05, 0.1) is 11.4 Å². The Morgan fingerprint density at radius 3 is 2.56 bits per heavy atom. The van der Waals surface area contributed by atoms with E-state index < -0.39 is 0 Å². The molecule has 1 heterocycles. The summed E-state index contributed by atoms with van der Waals surface area (Å²) in [5, 5.41) is 4.72. The van der Waals surface area contributed by atoms with E-state index in [1.807, 2.05) is 6.92 Å². The third kappa shape index (κ3) is 2.64. The van der Waals surface area contributed by atoms with Crippen LogP contribution in [0.3, 0.4) is 0 Å². The molecule has 90 valence electrons. The van der Waals surface area contributed by atoms with E-state index in [1.54, 1.807) is 0 Å². The van der Waals surface area contributed by atoms with Gasteiger partial charge in [-0.3, -0.25) is 4.68 Å². The van der Waals surface area contributed by atoms with Crippen LogP contribution in [-0.4, -0.2) is 9.78 Å². The van der Waals surface area contributed by atoms with E-state index in [2.05, 4.69) is 31.5 Å². The van der Waals surface area contributed by atoms with Crippen molar-refractivity contribution in [3.8, 4) is 0 Å². The van der Waals surface area contributed by atoms with Crippen molar-refractivity contribution in [3.63, 3.8) is 0 Å². The van der Waals surface area contributed by atoms with Crippen molar-refractivity contribution in [2.24, 2.45) is 11.1 Å². The standard InChI is InChI=1S/C13H23N3/c1-9(14)12-7-11(10-5-6-10)15-16(12)8-13(2,3)4/h7,9-10H,5-6,8,14H2,1-4H3/t9-/m1/s1. The van der Waals surface area contributed by atoms with E-state index in [9.17, 15) is 0 Å². The van der Waals surface area contributed by atoms with E-state index in [1.165, 1.54) is 24.2 Å². The first-order valence-electron chi connectivity index (χ1n) is 6.20. The SMILES string of the molecule is C[C@@H](N)c1cc(C2CC2)nn1CC(C)(C)C. The zero-order chi connectivity index (χ0) is 11.9. The van der Waals surface area contributed by atoms with E-state index >= 15 is 0 Å². The van der Waals surface area contributed by atoms with Gasteiger partial charge in [-0.25, -0.2) is 0 Å². The summed E-state index contributed by atoms with van der Waals surface area (Å²) < 4.78 is 2.11. The lowest BCUT2D eigenvalue weighted by atomic mass is 9.97. The Hall–Kier alpha value is -0.830. The molecule has 1 aliphatic rings. The third-order valence-electron chi connectivity index (χ3n) is 2.92. The molecular weight excluding hydrogens is 198 g/mol. The maximum Gasteiger partial charge on any atom is 0.0659 e. The number of aromatic nitrogens is 2. The molecule has 1 atom stereocenters. The van der Waals surface area contributed by atoms with Gasteiger partial charge in [0.2, 0.25) is 0 Å². The summed E-state index contributed by atoms with van der Waals surface area (Å²) in [7, 11) is 0. The van der Waals surface area contributed by atoms with Crippen LogP contribution >= 0.6 is 0 Å². The Kier molecular flexibility index (Phi) is 2.82. The van der Waals surface area contributed by atoms with Crippen LogP contribution in [0.15, 0.2) is 6.07 Å². The van der Waals surface area contributed by atoms with Crippen molar-refractivity contribution < 1.29 is 0 Å². The number of hydrogen-bond acceptors (Lipinski definition) is 2. The van der Waals surface area contributed by atoms with Gasteiger partial charge in [-0.15, -0.1) is 0 Å². The largest absolute Gasteiger partial charge is 0.323 e. The molecule has 0 saturated heterocycles. The molecule has 3 nitrogen and oxygen atoms in total. The highest BCUT2D eigenvalue weighted by atomic mass is 15.3. The highest BCUT2D eigenvalue weighted by Gasteiger charge is 2.28. The molecule has 1 fully saturated rings. The van der Waals surface area contributed by atoms with Gasteiger partial charge < -0.3 is 5.73 Å². The molecule has 2 rings (SSSR count). The van der Waals surface area contributed by atoms with Crippen molar-refractivity contribution in [3.05, 3.63) is 17.5 Å². The quantitative estimate of drug-likeness (QED) is 0.853.